The van der Waals surface area contributed by atoms with Crippen molar-refractivity contribution >= 4 is 5.69 Å². The fourth-order valence-electron chi connectivity index (χ4n) is 1.79. The monoisotopic (exact) mass is 193 g/mol. The van der Waals surface area contributed by atoms with Crippen LogP contribution in [0.1, 0.15) is 26.3 Å². The molecule has 1 aromatic carbocycles. The molecule has 1 aromatic rings. The minimum atomic E-state index is 0.414. The van der Waals surface area contributed by atoms with Gasteiger partial charge in [0.2, 0.25) is 0 Å². The Balaban J connectivity index is 3.11. The zero-order valence-corrected chi connectivity index (χ0v) is 9.25. The maximum absolute atomic E-state index is 9.70. The number of phenols is 1. The maximum atomic E-state index is 9.70. The first kappa shape index (κ1) is 10.9. The molecular weight excluding hydrogens is 174 g/mol. The van der Waals surface area contributed by atoms with Crippen LogP contribution in [0.15, 0.2) is 18.2 Å². The average molecular weight is 193 g/mol. The molecule has 0 atom stereocenters. The van der Waals surface area contributed by atoms with Crippen LogP contribution in [0.2, 0.25) is 0 Å². The van der Waals surface area contributed by atoms with E-state index in [9.17, 15) is 5.11 Å². The van der Waals surface area contributed by atoms with E-state index in [0.717, 1.165) is 30.8 Å². The van der Waals surface area contributed by atoms with Crippen molar-refractivity contribution in [3.63, 3.8) is 0 Å². The van der Waals surface area contributed by atoms with Crippen LogP contribution in [0, 0.1) is 0 Å². The van der Waals surface area contributed by atoms with Gasteiger partial charge in [0.15, 0.2) is 0 Å². The molecule has 0 amide bonds. The van der Waals surface area contributed by atoms with Gasteiger partial charge in [-0.25, -0.2) is 0 Å². The van der Waals surface area contributed by atoms with E-state index in [1.54, 1.807) is 6.07 Å². The van der Waals surface area contributed by atoms with E-state index in [-0.39, 0.29) is 0 Å². The molecule has 1 N–H and O–H groups in total. The first-order valence-corrected chi connectivity index (χ1v) is 5.30. The Hall–Kier alpha value is -1.18. The zero-order valence-electron chi connectivity index (χ0n) is 9.25. The Bertz CT molecular complexity index is 292. The molecule has 0 saturated heterocycles. The maximum Gasteiger partial charge on any atom is 0.120 e. The van der Waals surface area contributed by atoms with Crippen LogP contribution in [0.3, 0.4) is 0 Å². The van der Waals surface area contributed by atoms with Gasteiger partial charge in [0, 0.05) is 24.3 Å². The molecule has 0 heterocycles. The molecule has 14 heavy (non-hydrogen) atoms. The molecule has 0 saturated carbocycles. The van der Waals surface area contributed by atoms with Crippen LogP contribution in [0.4, 0.5) is 5.69 Å². The Labute approximate surface area is 86.2 Å². The van der Waals surface area contributed by atoms with E-state index >= 15 is 0 Å². The third-order valence-corrected chi connectivity index (χ3v) is 2.58. The fraction of sp³-hybridized carbons (Fsp3) is 0.500. The number of benzene rings is 1. The second-order valence-corrected chi connectivity index (χ2v) is 3.30. The van der Waals surface area contributed by atoms with Crippen molar-refractivity contribution in [3.05, 3.63) is 23.8 Å². The standard InChI is InChI=1S/C12H19NO/c1-4-10-11(13(5-2)6-3)8-7-9-12(10)14/h7-9,14H,4-6H2,1-3H3. The van der Waals surface area contributed by atoms with E-state index in [1.807, 2.05) is 6.07 Å². The number of nitrogens with zero attached hydrogens (tertiary/aromatic N) is 1. The summed E-state index contributed by atoms with van der Waals surface area (Å²) < 4.78 is 0. The summed E-state index contributed by atoms with van der Waals surface area (Å²) in [7, 11) is 0. The summed E-state index contributed by atoms with van der Waals surface area (Å²) in [6.45, 7) is 8.29. The highest BCUT2D eigenvalue weighted by molar-refractivity contribution is 5.58. The molecule has 0 aliphatic carbocycles. The Kier molecular flexibility index (Phi) is 3.81. The number of aromatic hydroxyl groups is 1. The average Bonchev–Trinajstić information content (AvgIpc) is 2.20. The van der Waals surface area contributed by atoms with Gasteiger partial charge in [0.05, 0.1) is 0 Å². The van der Waals surface area contributed by atoms with Gasteiger partial charge < -0.3 is 10.0 Å². The lowest BCUT2D eigenvalue weighted by Gasteiger charge is -2.24. The molecule has 0 unspecified atom stereocenters. The molecule has 1 rings (SSSR count). The second kappa shape index (κ2) is 4.89. The first-order chi connectivity index (χ1) is 6.74. The summed E-state index contributed by atoms with van der Waals surface area (Å²) in [5.41, 5.74) is 2.22. The van der Waals surface area contributed by atoms with Crippen LogP contribution < -0.4 is 4.90 Å². The molecule has 0 fully saturated rings. The summed E-state index contributed by atoms with van der Waals surface area (Å²) >= 11 is 0. The third-order valence-electron chi connectivity index (χ3n) is 2.58. The highest BCUT2D eigenvalue weighted by Crippen LogP contribution is 2.28. The van der Waals surface area contributed by atoms with Gasteiger partial charge in [-0.05, 0) is 32.4 Å². The Morgan fingerprint density at radius 2 is 1.79 bits per heavy atom. The minimum absolute atomic E-state index is 0.414. The Morgan fingerprint density at radius 3 is 2.29 bits per heavy atom. The normalized spacial score (nSPS) is 10.2. The van der Waals surface area contributed by atoms with Crippen molar-refractivity contribution in [1.82, 2.24) is 0 Å². The second-order valence-electron chi connectivity index (χ2n) is 3.30. The van der Waals surface area contributed by atoms with Crippen molar-refractivity contribution < 1.29 is 5.11 Å². The minimum Gasteiger partial charge on any atom is -0.508 e. The van der Waals surface area contributed by atoms with E-state index in [0.29, 0.717) is 5.75 Å². The molecule has 0 aromatic heterocycles. The van der Waals surface area contributed by atoms with Crippen LogP contribution in [0.25, 0.3) is 0 Å². The lowest BCUT2D eigenvalue weighted by Crippen LogP contribution is -2.23. The van der Waals surface area contributed by atoms with Crippen molar-refractivity contribution in [2.45, 2.75) is 27.2 Å². The summed E-state index contributed by atoms with van der Waals surface area (Å²) in [6, 6.07) is 5.74. The topological polar surface area (TPSA) is 23.5 Å². The molecule has 78 valence electrons. The van der Waals surface area contributed by atoms with E-state index < -0.39 is 0 Å². The number of rotatable bonds is 4. The van der Waals surface area contributed by atoms with Gasteiger partial charge in [-0.3, -0.25) is 0 Å². The lowest BCUT2D eigenvalue weighted by molar-refractivity contribution is 0.469. The summed E-state index contributed by atoms with van der Waals surface area (Å²) in [5.74, 6) is 0.414. The van der Waals surface area contributed by atoms with Gasteiger partial charge in [-0.15, -0.1) is 0 Å². The molecular formula is C12H19NO. The first-order valence-electron chi connectivity index (χ1n) is 5.30. The third kappa shape index (κ3) is 2.00. The number of hydrogen-bond donors (Lipinski definition) is 1. The molecule has 0 aliphatic rings. The number of anilines is 1. The number of phenolic OH excluding ortho intramolecular Hbond substituents is 1. The fourth-order valence-corrected chi connectivity index (χ4v) is 1.79. The van der Waals surface area contributed by atoms with Gasteiger partial charge in [0.1, 0.15) is 5.75 Å². The molecule has 0 radical (unpaired) electrons. The van der Waals surface area contributed by atoms with E-state index in [4.69, 9.17) is 0 Å². The predicted molar refractivity (Wildman–Crippen MR) is 61.0 cm³/mol. The highest BCUT2D eigenvalue weighted by Gasteiger charge is 2.09. The molecule has 2 heteroatoms. The zero-order chi connectivity index (χ0) is 10.6. The van der Waals surface area contributed by atoms with Crippen LogP contribution >= 0.6 is 0 Å². The molecule has 0 bridgehead atoms. The van der Waals surface area contributed by atoms with Crippen molar-refractivity contribution in [1.29, 1.82) is 0 Å². The van der Waals surface area contributed by atoms with Gasteiger partial charge in [-0.2, -0.15) is 0 Å². The molecule has 0 spiro atoms. The Morgan fingerprint density at radius 1 is 1.14 bits per heavy atom. The summed E-state index contributed by atoms with van der Waals surface area (Å²) in [5, 5.41) is 9.70. The largest absolute Gasteiger partial charge is 0.508 e. The van der Waals surface area contributed by atoms with Crippen molar-refractivity contribution in [2.24, 2.45) is 0 Å². The lowest BCUT2D eigenvalue weighted by atomic mass is 10.1. The van der Waals surface area contributed by atoms with Crippen molar-refractivity contribution in [3.8, 4) is 5.75 Å². The summed E-state index contributed by atoms with van der Waals surface area (Å²) in [4.78, 5) is 2.26. The quantitative estimate of drug-likeness (QED) is 0.794. The van der Waals surface area contributed by atoms with Crippen LogP contribution in [-0.4, -0.2) is 18.2 Å². The van der Waals surface area contributed by atoms with E-state index in [1.165, 1.54) is 0 Å². The SMILES string of the molecule is CCc1c(O)cccc1N(CC)CC. The van der Waals surface area contributed by atoms with Gasteiger partial charge >= 0.3 is 0 Å². The van der Waals surface area contributed by atoms with Crippen LogP contribution in [-0.2, 0) is 6.42 Å². The molecule has 0 aliphatic heterocycles. The van der Waals surface area contributed by atoms with Gasteiger partial charge in [-0.1, -0.05) is 13.0 Å². The highest BCUT2D eigenvalue weighted by atomic mass is 16.3. The molecule has 2 nitrogen and oxygen atoms in total. The smallest absolute Gasteiger partial charge is 0.120 e. The van der Waals surface area contributed by atoms with Gasteiger partial charge in [0.25, 0.3) is 0 Å². The van der Waals surface area contributed by atoms with E-state index in [2.05, 4.69) is 31.7 Å². The predicted octanol–water partition coefficient (Wildman–Crippen LogP) is 2.80. The summed E-state index contributed by atoms with van der Waals surface area (Å²) in [6.07, 6.45) is 0.874. The van der Waals surface area contributed by atoms with Crippen molar-refractivity contribution in [2.75, 3.05) is 18.0 Å². The van der Waals surface area contributed by atoms with Crippen LogP contribution in [0.5, 0.6) is 5.75 Å². The number of hydrogen-bond acceptors (Lipinski definition) is 2.